The number of aryl methyl sites for hydroxylation is 1. The van der Waals surface area contributed by atoms with Gasteiger partial charge in [0.25, 0.3) is 0 Å². The van der Waals surface area contributed by atoms with E-state index in [0.717, 1.165) is 20.0 Å². The summed E-state index contributed by atoms with van der Waals surface area (Å²) >= 11 is 4.91. The average molecular weight is 322 g/mol. The monoisotopic (exact) mass is 321 g/mol. The third kappa shape index (κ3) is 2.91. The average Bonchev–Trinajstić information content (AvgIpc) is 2.32. The number of hydrogen-bond acceptors (Lipinski definition) is 3. The van der Waals surface area contributed by atoms with E-state index in [9.17, 15) is 0 Å². The van der Waals surface area contributed by atoms with Crippen LogP contribution in [-0.2, 0) is 0 Å². The largest absolute Gasteiger partial charge is 0.384 e. The number of amidine groups is 1. The van der Waals surface area contributed by atoms with Gasteiger partial charge in [-0.15, -0.1) is 0 Å². The minimum Gasteiger partial charge on any atom is -0.384 e. The van der Waals surface area contributed by atoms with Crippen molar-refractivity contribution in [2.45, 2.75) is 16.8 Å². The molecule has 0 aliphatic carbocycles. The summed E-state index contributed by atoms with van der Waals surface area (Å²) in [5.74, 6) is 0.0558. The highest BCUT2D eigenvalue weighted by Gasteiger charge is 2.11. The molecule has 18 heavy (non-hydrogen) atoms. The summed E-state index contributed by atoms with van der Waals surface area (Å²) in [6, 6.07) is 9.82. The number of hydrogen-bond donors (Lipinski definition) is 2. The molecule has 0 fully saturated rings. The molecule has 0 atom stereocenters. The molecule has 2 aromatic rings. The summed E-state index contributed by atoms with van der Waals surface area (Å²) in [5.41, 5.74) is 7.30. The maximum atomic E-state index is 7.63. The number of nitrogen functional groups attached to an aromatic ring is 1. The minimum atomic E-state index is 0.0558. The van der Waals surface area contributed by atoms with Gasteiger partial charge in [0.2, 0.25) is 0 Å². The lowest BCUT2D eigenvalue weighted by Crippen LogP contribution is -2.14. The highest BCUT2D eigenvalue weighted by molar-refractivity contribution is 9.10. The van der Waals surface area contributed by atoms with Crippen LogP contribution in [0.15, 0.2) is 50.9 Å². The van der Waals surface area contributed by atoms with Crippen molar-refractivity contribution in [1.82, 2.24) is 4.98 Å². The predicted octanol–water partition coefficient (Wildman–Crippen LogP) is 3.59. The molecule has 3 nitrogen and oxygen atoms in total. The lowest BCUT2D eigenvalue weighted by Gasteiger charge is -2.09. The van der Waals surface area contributed by atoms with Gasteiger partial charge < -0.3 is 5.73 Å². The lowest BCUT2D eigenvalue weighted by molar-refractivity contribution is 1.09. The van der Waals surface area contributed by atoms with Gasteiger partial charge in [0, 0.05) is 15.6 Å². The van der Waals surface area contributed by atoms with Gasteiger partial charge in [-0.25, -0.2) is 4.98 Å². The summed E-state index contributed by atoms with van der Waals surface area (Å²) in [6.45, 7) is 1.93. The molecule has 0 bridgehead atoms. The number of nitrogens with one attached hydrogen (secondary N) is 1. The van der Waals surface area contributed by atoms with Crippen molar-refractivity contribution in [2.24, 2.45) is 5.73 Å². The van der Waals surface area contributed by atoms with Crippen molar-refractivity contribution in [1.29, 1.82) is 5.41 Å². The molecule has 3 N–H and O–H groups in total. The van der Waals surface area contributed by atoms with Crippen LogP contribution in [-0.4, -0.2) is 10.8 Å². The second-order valence-electron chi connectivity index (χ2n) is 3.78. The van der Waals surface area contributed by atoms with Crippen LogP contribution in [0.5, 0.6) is 0 Å². The number of nitrogens with two attached hydrogens (primary N) is 1. The normalized spacial score (nSPS) is 10.3. The molecule has 92 valence electrons. The Hall–Kier alpha value is -1.33. The van der Waals surface area contributed by atoms with Crippen LogP contribution >= 0.6 is 27.7 Å². The Morgan fingerprint density at radius 2 is 1.94 bits per heavy atom. The third-order valence-electron chi connectivity index (χ3n) is 2.42. The highest BCUT2D eigenvalue weighted by atomic mass is 79.9. The summed E-state index contributed by atoms with van der Waals surface area (Å²) in [6.07, 6.45) is 1.74. The molecule has 1 aromatic heterocycles. The summed E-state index contributed by atoms with van der Waals surface area (Å²) < 4.78 is 1.04. The van der Waals surface area contributed by atoms with Crippen molar-refractivity contribution in [3.05, 3.63) is 52.1 Å². The predicted molar refractivity (Wildman–Crippen MR) is 78.3 cm³/mol. The standard InChI is InChI=1S/C13H12BrN3S/c1-8-6-7-17-13(11(8)12(15)16)18-10-4-2-9(14)3-5-10/h2-7H,1H3,(H3,15,16). The Morgan fingerprint density at radius 3 is 2.56 bits per heavy atom. The molecular weight excluding hydrogens is 310 g/mol. The Labute approximate surface area is 118 Å². The SMILES string of the molecule is Cc1ccnc(Sc2ccc(Br)cc2)c1C(=N)N. The maximum absolute atomic E-state index is 7.63. The van der Waals surface area contributed by atoms with Crippen molar-refractivity contribution in [3.63, 3.8) is 0 Å². The molecule has 2 rings (SSSR count). The summed E-state index contributed by atoms with van der Waals surface area (Å²) in [5, 5.41) is 8.40. The molecule has 0 radical (unpaired) electrons. The number of nitrogens with zero attached hydrogens (tertiary/aromatic N) is 1. The number of pyridine rings is 1. The quantitative estimate of drug-likeness (QED) is 0.670. The van der Waals surface area contributed by atoms with E-state index in [1.165, 1.54) is 11.8 Å². The topological polar surface area (TPSA) is 62.8 Å². The number of benzene rings is 1. The van der Waals surface area contributed by atoms with E-state index in [-0.39, 0.29) is 5.84 Å². The molecule has 0 saturated carbocycles. The third-order valence-corrected chi connectivity index (χ3v) is 3.96. The molecule has 0 spiro atoms. The first kappa shape index (κ1) is 13.1. The van der Waals surface area contributed by atoms with Gasteiger partial charge in [-0.3, -0.25) is 5.41 Å². The van der Waals surface area contributed by atoms with Gasteiger partial charge >= 0.3 is 0 Å². The number of rotatable bonds is 3. The molecule has 0 unspecified atom stereocenters. The summed E-state index contributed by atoms with van der Waals surface area (Å²) in [7, 11) is 0. The van der Waals surface area contributed by atoms with Crippen LogP contribution in [0.1, 0.15) is 11.1 Å². The smallest absolute Gasteiger partial charge is 0.125 e. The zero-order valence-corrected chi connectivity index (χ0v) is 12.2. The van der Waals surface area contributed by atoms with Crippen LogP contribution in [0, 0.1) is 12.3 Å². The van der Waals surface area contributed by atoms with E-state index in [0.29, 0.717) is 5.56 Å². The summed E-state index contributed by atoms with van der Waals surface area (Å²) in [4.78, 5) is 5.38. The Balaban J connectivity index is 2.37. The second-order valence-corrected chi connectivity index (χ2v) is 5.76. The maximum Gasteiger partial charge on any atom is 0.125 e. The van der Waals surface area contributed by atoms with Gasteiger partial charge in [0.05, 0.1) is 5.56 Å². The van der Waals surface area contributed by atoms with Gasteiger partial charge in [-0.2, -0.15) is 0 Å². The first-order chi connectivity index (χ1) is 8.58. The Bertz CT molecular complexity index is 581. The first-order valence-electron chi connectivity index (χ1n) is 5.31. The van der Waals surface area contributed by atoms with Crippen LogP contribution in [0.2, 0.25) is 0 Å². The van der Waals surface area contributed by atoms with Crippen LogP contribution in [0.4, 0.5) is 0 Å². The molecule has 0 amide bonds. The van der Waals surface area contributed by atoms with E-state index in [1.54, 1.807) is 6.20 Å². The fourth-order valence-corrected chi connectivity index (χ4v) is 2.80. The van der Waals surface area contributed by atoms with Crippen LogP contribution in [0.25, 0.3) is 0 Å². The Morgan fingerprint density at radius 1 is 1.28 bits per heavy atom. The lowest BCUT2D eigenvalue weighted by atomic mass is 10.1. The molecule has 1 heterocycles. The molecular formula is C13H12BrN3S. The van der Waals surface area contributed by atoms with E-state index in [2.05, 4.69) is 20.9 Å². The van der Waals surface area contributed by atoms with Crippen molar-refractivity contribution in [3.8, 4) is 0 Å². The van der Waals surface area contributed by atoms with Crippen LogP contribution < -0.4 is 5.73 Å². The molecule has 0 aliphatic rings. The van der Waals surface area contributed by atoms with E-state index in [4.69, 9.17) is 11.1 Å². The molecule has 5 heteroatoms. The Kier molecular flexibility index (Phi) is 4.04. The van der Waals surface area contributed by atoms with Gasteiger partial charge in [0.15, 0.2) is 0 Å². The minimum absolute atomic E-state index is 0.0558. The number of halogens is 1. The van der Waals surface area contributed by atoms with Gasteiger partial charge in [0.1, 0.15) is 10.9 Å². The van der Waals surface area contributed by atoms with Crippen molar-refractivity contribution >= 4 is 33.5 Å². The van der Waals surface area contributed by atoms with Gasteiger partial charge in [-0.1, -0.05) is 27.7 Å². The fourth-order valence-electron chi connectivity index (χ4n) is 1.55. The molecule has 1 aromatic carbocycles. The van der Waals surface area contributed by atoms with Crippen molar-refractivity contribution < 1.29 is 0 Å². The van der Waals surface area contributed by atoms with E-state index < -0.39 is 0 Å². The first-order valence-corrected chi connectivity index (χ1v) is 6.92. The van der Waals surface area contributed by atoms with Crippen LogP contribution in [0.3, 0.4) is 0 Å². The highest BCUT2D eigenvalue weighted by Crippen LogP contribution is 2.30. The molecule has 0 aliphatic heterocycles. The zero-order valence-electron chi connectivity index (χ0n) is 9.77. The second kappa shape index (κ2) is 5.54. The van der Waals surface area contributed by atoms with E-state index >= 15 is 0 Å². The van der Waals surface area contributed by atoms with E-state index in [1.807, 2.05) is 37.3 Å². The number of aromatic nitrogens is 1. The van der Waals surface area contributed by atoms with Gasteiger partial charge in [-0.05, 0) is 42.8 Å². The van der Waals surface area contributed by atoms with Crippen molar-refractivity contribution in [2.75, 3.05) is 0 Å². The zero-order chi connectivity index (χ0) is 13.1. The fraction of sp³-hybridized carbons (Fsp3) is 0.0769. The molecule has 0 saturated heterocycles.